The van der Waals surface area contributed by atoms with E-state index >= 15 is 0 Å². The Bertz CT molecular complexity index is 880. The van der Waals surface area contributed by atoms with Gasteiger partial charge >= 0.3 is 5.97 Å². The molecule has 140 valence electrons. The zero-order valence-corrected chi connectivity index (χ0v) is 14.8. The minimum Gasteiger partial charge on any atom is -0.449 e. The van der Waals surface area contributed by atoms with Crippen molar-refractivity contribution >= 4 is 23.5 Å². The lowest BCUT2D eigenvalue weighted by Gasteiger charge is -2.18. The van der Waals surface area contributed by atoms with Gasteiger partial charge in [-0.15, -0.1) is 0 Å². The molecule has 2 aromatic rings. The summed E-state index contributed by atoms with van der Waals surface area (Å²) in [4.78, 5) is 35.8. The summed E-state index contributed by atoms with van der Waals surface area (Å²) in [6.07, 6.45) is -0.0577. The number of amides is 2. The number of nitrogens with one attached hydrogen (secondary N) is 2. The van der Waals surface area contributed by atoms with Gasteiger partial charge in [0, 0.05) is 18.7 Å². The van der Waals surface area contributed by atoms with Crippen molar-refractivity contribution in [1.82, 2.24) is 5.32 Å². The number of halogens is 1. The van der Waals surface area contributed by atoms with Crippen LogP contribution in [-0.2, 0) is 27.3 Å². The molecule has 27 heavy (non-hydrogen) atoms. The Hall–Kier alpha value is -3.22. The average molecular weight is 370 g/mol. The maximum atomic E-state index is 12.9. The third-order valence-corrected chi connectivity index (χ3v) is 4.27. The molecule has 7 heteroatoms. The summed E-state index contributed by atoms with van der Waals surface area (Å²) in [5.74, 6) is -1.46. The summed E-state index contributed by atoms with van der Waals surface area (Å²) >= 11 is 0. The Kier molecular flexibility index (Phi) is 5.49. The molecule has 2 aromatic carbocycles. The zero-order chi connectivity index (χ0) is 19.4. The number of hydrogen-bond donors (Lipinski definition) is 2. The molecule has 1 heterocycles. The molecular weight excluding hydrogens is 351 g/mol. The second-order valence-electron chi connectivity index (χ2n) is 6.31. The van der Waals surface area contributed by atoms with Crippen molar-refractivity contribution in [2.45, 2.75) is 32.4 Å². The van der Waals surface area contributed by atoms with Gasteiger partial charge < -0.3 is 15.4 Å². The highest BCUT2D eigenvalue weighted by molar-refractivity contribution is 5.96. The van der Waals surface area contributed by atoms with E-state index < -0.39 is 18.0 Å². The van der Waals surface area contributed by atoms with Crippen LogP contribution in [0.3, 0.4) is 0 Å². The van der Waals surface area contributed by atoms with Gasteiger partial charge in [0.15, 0.2) is 6.10 Å². The van der Waals surface area contributed by atoms with E-state index in [-0.39, 0.29) is 18.3 Å². The summed E-state index contributed by atoms with van der Waals surface area (Å²) in [7, 11) is 0. The van der Waals surface area contributed by atoms with E-state index in [9.17, 15) is 18.8 Å². The highest BCUT2D eigenvalue weighted by atomic mass is 19.1. The Morgan fingerprint density at radius 3 is 2.67 bits per heavy atom. The fraction of sp³-hybridized carbons (Fsp3) is 0.250. The predicted octanol–water partition coefficient (Wildman–Crippen LogP) is 2.57. The molecule has 0 spiro atoms. The smallest absolute Gasteiger partial charge is 0.338 e. The molecule has 1 aliphatic rings. The largest absolute Gasteiger partial charge is 0.449 e. The van der Waals surface area contributed by atoms with Crippen LogP contribution in [0.2, 0.25) is 0 Å². The fourth-order valence-corrected chi connectivity index (χ4v) is 2.73. The highest BCUT2D eigenvalue weighted by Crippen LogP contribution is 2.24. The Balaban J connectivity index is 1.56. The number of aryl methyl sites for hydroxylation is 1. The molecule has 0 fully saturated rings. The maximum Gasteiger partial charge on any atom is 0.338 e. The molecule has 1 aliphatic heterocycles. The van der Waals surface area contributed by atoms with Gasteiger partial charge in [0.25, 0.3) is 5.91 Å². The summed E-state index contributed by atoms with van der Waals surface area (Å²) in [6, 6.07) is 10.6. The van der Waals surface area contributed by atoms with Crippen molar-refractivity contribution in [2.75, 3.05) is 5.32 Å². The molecular formula is C20H19FN2O4. The first-order valence-electron chi connectivity index (χ1n) is 8.58. The van der Waals surface area contributed by atoms with Crippen LogP contribution in [0.5, 0.6) is 0 Å². The van der Waals surface area contributed by atoms with Gasteiger partial charge in [0.2, 0.25) is 5.91 Å². The van der Waals surface area contributed by atoms with Gasteiger partial charge in [-0.2, -0.15) is 0 Å². The SMILES string of the molecule is CC(OC(=O)c1ccc2c(c1)CCC(=O)N2)C(=O)NCc1ccc(F)cc1. The quantitative estimate of drug-likeness (QED) is 0.793. The Morgan fingerprint density at radius 1 is 1.19 bits per heavy atom. The van der Waals surface area contributed by atoms with Crippen LogP contribution in [0, 0.1) is 5.82 Å². The first-order chi connectivity index (χ1) is 12.9. The van der Waals surface area contributed by atoms with Gasteiger partial charge in [-0.05, 0) is 54.8 Å². The molecule has 0 saturated heterocycles. The number of benzene rings is 2. The number of carbonyl (C=O) groups is 3. The number of hydrogen-bond acceptors (Lipinski definition) is 4. The van der Waals surface area contributed by atoms with Gasteiger partial charge in [0.1, 0.15) is 5.82 Å². The molecule has 0 aromatic heterocycles. The standard InChI is InChI=1S/C20H19FN2O4/c1-12(19(25)22-11-13-2-6-16(21)7-3-13)27-20(26)15-4-8-17-14(10-15)5-9-18(24)23-17/h2-4,6-8,10,12H,5,9,11H2,1H3,(H,22,25)(H,23,24). The Labute approximate surface area is 155 Å². The topological polar surface area (TPSA) is 84.5 Å². The van der Waals surface area contributed by atoms with E-state index in [1.807, 2.05) is 0 Å². The van der Waals surface area contributed by atoms with Crippen molar-refractivity contribution in [3.8, 4) is 0 Å². The first-order valence-corrected chi connectivity index (χ1v) is 8.58. The van der Waals surface area contributed by atoms with Crippen molar-refractivity contribution in [2.24, 2.45) is 0 Å². The van der Waals surface area contributed by atoms with E-state index in [4.69, 9.17) is 4.74 Å². The molecule has 3 rings (SSSR count). The lowest BCUT2D eigenvalue weighted by Crippen LogP contribution is -2.35. The molecule has 6 nitrogen and oxygen atoms in total. The second-order valence-corrected chi connectivity index (χ2v) is 6.31. The number of rotatable bonds is 5. The van der Waals surface area contributed by atoms with Gasteiger partial charge in [-0.3, -0.25) is 9.59 Å². The van der Waals surface area contributed by atoms with Crippen LogP contribution in [0.25, 0.3) is 0 Å². The molecule has 2 N–H and O–H groups in total. The summed E-state index contributed by atoms with van der Waals surface area (Å²) in [6.45, 7) is 1.69. The lowest BCUT2D eigenvalue weighted by atomic mass is 10.0. The predicted molar refractivity (Wildman–Crippen MR) is 96.5 cm³/mol. The maximum absolute atomic E-state index is 12.9. The van der Waals surface area contributed by atoms with Crippen LogP contribution in [0.4, 0.5) is 10.1 Å². The van der Waals surface area contributed by atoms with Crippen molar-refractivity contribution in [3.05, 3.63) is 65.0 Å². The summed E-state index contributed by atoms with van der Waals surface area (Å²) in [5.41, 5.74) is 2.61. The van der Waals surface area contributed by atoms with E-state index in [2.05, 4.69) is 10.6 Å². The van der Waals surface area contributed by atoms with Crippen LogP contribution in [0.15, 0.2) is 42.5 Å². The zero-order valence-electron chi connectivity index (χ0n) is 14.8. The Morgan fingerprint density at radius 2 is 1.93 bits per heavy atom. The number of fused-ring (bicyclic) bond motifs is 1. The molecule has 0 aliphatic carbocycles. The molecule has 0 radical (unpaired) electrons. The van der Waals surface area contributed by atoms with Crippen molar-refractivity contribution in [1.29, 1.82) is 0 Å². The van der Waals surface area contributed by atoms with Gasteiger partial charge in [-0.1, -0.05) is 12.1 Å². The van der Waals surface area contributed by atoms with E-state index in [0.717, 1.165) is 11.1 Å². The third-order valence-electron chi connectivity index (χ3n) is 4.27. The number of anilines is 1. The van der Waals surface area contributed by atoms with Crippen LogP contribution in [0.1, 0.15) is 34.8 Å². The minimum atomic E-state index is -0.978. The molecule has 2 amide bonds. The summed E-state index contributed by atoms with van der Waals surface area (Å²) in [5, 5.41) is 5.39. The van der Waals surface area contributed by atoms with Crippen LogP contribution >= 0.6 is 0 Å². The van der Waals surface area contributed by atoms with Crippen LogP contribution in [-0.4, -0.2) is 23.9 Å². The van der Waals surface area contributed by atoms with Gasteiger partial charge in [0.05, 0.1) is 5.56 Å². The van der Waals surface area contributed by atoms with Crippen molar-refractivity contribution in [3.63, 3.8) is 0 Å². The number of carbonyl (C=O) groups excluding carboxylic acids is 3. The van der Waals surface area contributed by atoms with Crippen molar-refractivity contribution < 1.29 is 23.5 Å². The average Bonchev–Trinajstić information content (AvgIpc) is 2.66. The molecule has 1 atom stereocenters. The normalized spacial score (nSPS) is 13.9. The fourth-order valence-electron chi connectivity index (χ4n) is 2.73. The monoisotopic (exact) mass is 370 g/mol. The van der Waals surface area contributed by atoms with Crippen LogP contribution < -0.4 is 10.6 Å². The third kappa shape index (κ3) is 4.69. The first kappa shape index (κ1) is 18.6. The van der Waals surface area contributed by atoms with E-state index in [0.29, 0.717) is 24.1 Å². The van der Waals surface area contributed by atoms with Gasteiger partial charge in [-0.25, -0.2) is 9.18 Å². The molecule has 0 bridgehead atoms. The second kappa shape index (κ2) is 7.99. The minimum absolute atomic E-state index is 0.0516. The summed E-state index contributed by atoms with van der Waals surface area (Å²) < 4.78 is 18.1. The molecule has 1 unspecified atom stereocenters. The van der Waals surface area contributed by atoms with E-state index in [1.54, 1.807) is 30.3 Å². The lowest BCUT2D eigenvalue weighted by molar-refractivity contribution is -0.129. The van der Waals surface area contributed by atoms with E-state index in [1.165, 1.54) is 19.1 Å². The number of esters is 1. The number of ether oxygens (including phenoxy) is 1. The highest BCUT2D eigenvalue weighted by Gasteiger charge is 2.21. The molecule has 0 saturated carbocycles.